The van der Waals surface area contributed by atoms with Crippen LogP contribution >= 0.6 is 0 Å². The average molecular weight is 331 g/mol. The van der Waals surface area contributed by atoms with Gasteiger partial charge < -0.3 is 10.5 Å². The molecule has 0 aromatic heterocycles. The summed E-state index contributed by atoms with van der Waals surface area (Å²) in [6.07, 6.45) is 0.908. The number of benzene rings is 3. The molecule has 0 aliphatic heterocycles. The van der Waals surface area contributed by atoms with Crippen LogP contribution in [0.5, 0.6) is 0 Å². The van der Waals surface area contributed by atoms with Crippen LogP contribution in [0.1, 0.15) is 12.0 Å². The minimum atomic E-state index is -0.225. The number of carbonyl (C=O) groups excluding carboxylic acids is 1. The van der Waals surface area contributed by atoms with E-state index in [0.717, 1.165) is 22.4 Å². The first-order valence-electron chi connectivity index (χ1n) is 8.29. The summed E-state index contributed by atoms with van der Waals surface area (Å²) in [4.78, 5) is 11.4. The number of aryl methyl sites for hydroxylation is 1. The first-order valence-corrected chi connectivity index (χ1v) is 8.29. The minimum Gasteiger partial charge on any atom is -0.469 e. The van der Waals surface area contributed by atoms with Crippen LogP contribution in [-0.4, -0.2) is 13.1 Å². The molecule has 0 fully saturated rings. The third-order valence-electron chi connectivity index (χ3n) is 4.33. The largest absolute Gasteiger partial charge is 0.469 e. The Morgan fingerprint density at radius 3 is 2.16 bits per heavy atom. The summed E-state index contributed by atoms with van der Waals surface area (Å²) in [5.41, 5.74) is 12.4. The fourth-order valence-corrected chi connectivity index (χ4v) is 2.89. The molecule has 0 amide bonds. The Morgan fingerprint density at radius 1 is 0.840 bits per heavy atom. The van der Waals surface area contributed by atoms with Crippen molar-refractivity contribution < 1.29 is 9.53 Å². The summed E-state index contributed by atoms with van der Waals surface area (Å²) in [7, 11) is 1.40. The molecule has 0 saturated heterocycles. The SMILES string of the molecule is COC(=O)CCc1cccc(-c2ccc(-c3ccccc3)cc2)c1N. The monoisotopic (exact) mass is 331 g/mol. The molecule has 0 unspecified atom stereocenters. The molecule has 3 rings (SSSR count). The van der Waals surface area contributed by atoms with E-state index in [1.165, 1.54) is 18.2 Å². The van der Waals surface area contributed by atoms with Gasteiger partial charge in [0.25, 0.3) is 0 Å². The summed E-state index contributed by atoms with van der Waals surface area (Å²) in [6, 6.07) is 24.6. The Labute approximate surface area is 148 Å². The Morgan fingerprint density at radius 2 is 1.48 bits per heavy atom. The van der Waals surface area contributed by atoms with Crippen LogP contribution in [0.4, 0.5) is 5.69 Å². The van der Waals surface area contributed by atoms with Crippen molar-refractivity contribution in [2.75, 3.05) is 12.8 Å². The van der Waals surface area contributed by atoms with Gasteiger partial charge >= 0.3 is 5.97 Å². The van der Waals surface area contributed by atoms with Gasteiger partial charge in [0.05, 0.1) is 7.11 Å². The molecule has 3 heteroatoms. The van der Waals surface area contributed by atoms with Gasteiger partial charge in [-0.1, -0.05) is 72.8 Å². The van der Waals surface area contributed by atoms with E-state index < -0.39 is 0 Å². The average Bonchev–Trinajstić information content (AvgIpc) is 2.68. The van der Waals surface area contributed by atoms with Gasteiger partial charge in [0, 0.05) is 17.7 Å². The molecule has 25 heavy (non-hydrogen) atoms. The quantitative estimate of drug-likeness (QED) is 0.544. The van der Waals surface area contributed by atoms with Crippen molar-refractivity contribution in [1.82, 2.24) is 0 Å². The van der Waals surface area contributed by atoms with Gasteiger partial charge in [-0.3, -0.25) is 4.79 Å². The predicted octanol–water partition coefficient (Wildman–Crippen LogP) is 4.71. The molecule has 0 saturated carbocycles. The Bertz CT molecular complexity index is 855. The van der Waals surface area contributed by atoms with Crippen molar-refractivity contribution in [3.63, 3.8) is 0 Å². The zero-order chi connectivity index (χ0) is 17.6. The number of anilines is 1. The van der Waals surface area contributed by atoms with Crippen LogP contribution in [-0.2, 0) is 16.0 Å². The van der Waals surface area contributed by atoms with Crippen LogP contribution in [0, 0.1) is 0 Å². The molecule has 126 valence electrons. The summed E-state index contributed by atoms with van der Waals surface area (Å²) in [5.74, 6) is -0.225. The lowest BCUT2D eigenvalue weighted by atomic mass is 9.96. The number of hydrogen-bond acceptors (Lipinski definition) is 3. The highest BCUT2D eigenvalue weighted by molar-refractivity contribution is 5.80. The zero-order valence-corrected chi connectivity index (χ0v) is 14.2. The maximum atomic E-state index is 11.4. The number of nitrogens with two attached hydrogens (primary N) is 1. The number of carbonyl (C=O) groups is 1. The molecule has 0 aliphatic rings. The topological polar surface area (TPSA) is 52.3 Å². The van der Waals surface area contributed by atoms with Gasteiger partial charge in [-0.25, -0.2) is 0 Å². The lowest BCUT2D eigenvalue weighted by Crippen LogP contribution is -2.04. The van der Waals surface area contributed by atoms with Gasteiger partial charge in [0.2, 0.25) is 0 Å². The van der Waals surface area contributed by atoms with Crippen molar-refractivity contribution in [3.05, 3.63) is 78.4 Å². The minimum absolute atomic E-state index is 0.225. The molecule has 3 aromatic carbocycles. The summed E-state index contributed by atoms with van der Waals surface area (Å²) in [6.45, 7) is 0. The third-order valence-corrected chi connectivity index (χ3v) is 4.33. The second-order valence-corrected chi connectivity index (χ2v) is 5.90. The highest BCUT2D eigenvalue weighted by atomic mass is 16.5. The predicted molar refractivity (Wildman–Crippen MR) is 102 cm³/mol. The van der Waals surface area contributed by atoms with Crippen molar-refractivity contribution >= 4 is 11.7 Å². The van der Waals surface area contributed by atoms with E-state index in [9.17, 15) is 4.79 Å². The van der Waals surface area contributed by atoms with E-state index >= 15 is 0 Å². The highest BCUT2D eigenvalue weighted by Crippen LogP contribution is 2.31. The van der Waals surface area contributed by atoms with Gasteiger partial charge in [0.15, 0.2) is 0 Å². The van der Waals surface area contributed by atoms with Crippen molar-refractivity contribution in [3.8, 4) is 22.3 Å². The molecule has 3 aromatic rings. The van der Waals surface area contributed by atoms with Gasteiger partial charge in [-0.15, -0.1) is 0 Å². The maximum Gasteiger partial charge on any atom is 0.305 e. The van der Waals surface area contributed by atoms with E-state index in [0.29, 0.717) is 12.8 Å². The van der Waals surface area contributed by atoms with Crippen LogP contribution in [0.3, 0.4) is 0 Å². The lowest BCUT2D eigenvalue weighted by Gasteiger charge is -2.12. The fourth-order valence-electron chi connectivity index (χ4n) is 2.89. The van der Waals surface area contributed by atoms with E-state index in [2.05, 4.69) is 36.4 Å². The van der Waals surface area contributed by atoms with Crippen molar-refractivity contribution in [2.24, 2.45) is 0 Å². The molecule has 2 N–H and O–H groups in total. The summed E-state index contributed by atoms with van der Waals surface area (Å²) >= 11 is 0. The standard InChI is InChI=1S/C22H21NO2/c1-25-21(24)15-14-19-8-5-9-20(22(19)23)18-12-10-17(11-13-18)16-6-3-2-4-7-16/h2-13H,14-15,23H2,1H3. The van der Waals surface area contributed by atoms with Crippen molar-refractivity contribution in [1.29, 1.82) is 0 Å². The molecule has 0 radical (unpaired) electrons. The molecular formula is C22H21NO2. The normalized spacial score (nSPS) is 10.4. The highest BCUT2D eigenvalue weighted by Gasteiger charge is 2.09. The number of hydrogen-bond donors (Lipinski definition) is 1. The molecule has 0 bridgehead atoms. The molecule has 0 spiro atoms. The molecule has 0 heterocycles. The Balaban J connectivity index is 1.85. The van der Waals surface area contributed by atoms with Gasteiger partial charge in [-0.05, 0) is 28.7 Å². The molecule has 0 aliphatic carbocycles. The zero-order valence-electron chi connectivity index (χ0n) is 14.2. The van der Waals surface area contributed by atoms with Crippen LogP contribution in [0.15, 0.2) is 72.8 Å². The Kier molecular flexibility index (Phi) is 5.14. The second kappa shape index (κ2) is 7.67. The molecule has 0 atom stereocenters. The van der Waals surface area contributed by atoms with Crippen LogP contribution < -0.4 is 5.73 Å². The van der Waals surface area contributed by atoms with Gasteiger partial charge in [0.1, 0.15) is 0 Å². The molecule has 3 nitrogen and oxygen atoms in total. The van der Waals surface area contributed by atoms with E-state index in [1.54, 1.807) is 0 Å². The van der Waals surface area contributed by atoms with E-state index in [-0.39, 0.29) is 5.97 Å². The Hall–Kier alpha value is -3.07. The van der Waals surface area contributed by atoms with Gasteiger partial charge in [-0.2, -0.15) is 0 Å². The first-order chi connectivity index (χ1) is 12.2. The van der Waals surface area contributed by atoms with Crippen LogP contribution in [0.25, 0.3) is 22.3 Å². The third kappa shape index (κ3) is 3.89. The maximum absolute atomic E-state index is 11.4. The summed E-state index contributed by atoms with van der Waals surface area (Å²) < 4.78 is 4.70. The van der Waals surface area contributed by atoms with E-state index in [1.807, 2.05) is 36.4 Å². The van der Waals surface area contributed by atoms with Crippen molar-refractivity contribution in [2.45, 2.75) is 12.8 Å². The fraction of sp³-hybridized carbons (Fsp3) is 0.136. The summed E-state index contributed by atoms with van der Waals surface area (Å²) in [5, 5.41) is 0. The molecular weight excluding hydrogens is 310 g/mol. The number of methoxy groups -OCH3 is 1. The first kappa shape index (κ1) is 16.8. The number of nitrogen functional groups attached to an aromatic ring is 1. The number of ether oxygens (including phenoxy) is 1. The smallest absolute Gasteiger partial charge is 0.305 e. The number of para-hydroxylation sites is 1. The van der Waals surface area contributed by atoms with E-state index in [4.69, 9.17) is 10.5 Å². The second-order valence-electron chi connectivity index (χ2n) is 5.90. The lowest BCUT2D eigenvalue weighted by molar-refractivity contribution is -0.140. The number of esters is 1. The van der Waals surface area contributed by atoms with Crippen LogP contribution in [0.2, 0.25) is 0 Å². The number of rotatable bonds is 5.